The third-order valence-corrected chi connectivity index (χ3v) is 4.47. The Hall–Kier alpha value is -1.86. The topological polar surface area (TPSA) is 12.0 Å². The van der Waals surface area contributed by atoms with Gasteiger partial charge in [-0.1, -0.05) is 55.0 Å². The van der Waals surface area contributed by atoms with Gasteiger partial charge in [-0.3, -0.25) is 0 Å². The first-order valence-corrected chi connectivity index (χ1v) is 7.57. The average molecular weight is 261 g/mol. The number of benzene rings is 3. The lowest BCUT2D eigenvalue weighted by Crippen LogP contribution is -2.27. The SMILES string of the molecule is c1ccc2c([C@@H]3CCCCN3)c3ccccc3cc2c1. The van der Waals surface area contributed by atoms with E-state index < -0.39 is 0 Å². The van der Waals surface area contributed by atoms with Gasteiger partial charge >= 0.3 is 0 Å². The van der Waals surface area contributed by atoms with E-state index in [-0.39, 0.29) is 0 Å². The zero-order valence-electron chi connectivity index (χ0n) is 11.6. The summed E-state index contributed by atoms with van der Waals surface area (Å²) in [5, 5.41) is 9.25. The van der Waals surface area contributed by atoms with Crippen molar-refractivity contribution in [2.45, 2.75) is 25.3 Å². The Morgan fingerprint density at radius 3 is 2.05 bits per heavy atom. The molecule has 0 spiro atoms. The van der Waals surface area contributed by atoms with Crippen molar-refractivity contribution < 1.29 is 0 Å². The van der Waals surface area contributed by atoms with E-state index in [2.05, 4.69) is 59.9 Å². The minimum Gasteiger partial charge on any atom is -0.310 e. The smallest absolute Gasteiger partial charge is 0.0332 e. The summed E-state index contributed by atoms with van der Waals surface area (Å²) in [5.41, 5.74) is 1.50. The lowest BCUT2D eigenvalue weighted by atomic mass is 9.88. The van der Waals surface area contributed by atoms with Crippen LogP contribution in [-0.4, -0.2) is 6.54 Å². The molecule has 1 heteroatoms. The molecule has 0 unspecified atom stereocenters. The van der Waals surface area contributed by atoms with Crippen LogP contribution in [0.3, 0.4) is 0 Å². The van der Waals surface area contributed by atoms with Crippen LogP contribution in [-0.2, 0) is 0 Å². The van der Waals surface area contributed by atoms with Crippen LogP contribution in [0.1, 0.15) is 30.9 Å². The van der Waals surface area contributed by atoms with Gasteiger partial charge in [0.2, 0.25) is 0 Å². The van der Waals surface area contributed by atoms with Crippen molar-refractivity contribution in [2.75, 3.05) is 6.54 Å². The minimum atomic E-state index is 0.500. The van der Waals surface area contributed by atoms with Gasteiger partial charge in [0.25, 0.3) is 0 Å². The van der Waals surface area contributed by atoms with E-state index in [4.69, 9.17) is 0 Å². The molecule has 0 saturated carbocycles. The normalized spacial score (nSPS) is 19.5. The van der Waals surface area contributed by atoms with Crippen LogP contribution < -0.4 is 5.32 Å². The molecule has 1 saturated heterocycles. The predicted molar refractivity (Wildman–Crippen MR) is 86.0 cm³/mol. The lowest BCUT2D eigenvalue weighted by Gasteiger charge is -2.26. The summed E-state index contributed by atoms with van der Waals surface area (Å²) < 4.78 is 0. The highest BCUT2D eigenvalue weighted by Gasteiger charge is 2.19. The summed E-state index contributed by atoms with van der Waals surface area (Å²) in [6.07, 6.45) is 3.88. The standard InChI is InChI=1S/C19H19N/c1-3-9-16-14(7-1)13-15-8-2-4-10-17(15)19(16)18-11-5-6-12-20-18/h1-4,7-10,13,18,20H,5-6,11-12H2/t18-/m0/s1. The van der Waals surface area contributed by atoms with Gasteiger partial charge in [0.1, 0.15) is 0 Å². The van der Waals surface area contributed by atoms with Gasteiger partial charge in [0, 0.05) is 6.04 Å². The molecule has 0 aromatic heterocycles. The summed E-state index contributed by atoms with van der Waals surface area (Å²) in [6, 6.07) is 20.4. The van der Waals surface area contributed by atoms with Crippen LogP contribution in [0.25, 0.3) is 21.5 Å². The van der Waals surface area contributed by atoms with Crippen molar-refractivity contribution in [2.24, 2.45) is 0 Å². The maximum Gasteiger partial charge on any atom is 0.0332 e. The lowest BCUT2D eigenvalue weighted by molar-refractivity contribution is 0.416. The van der Waals surface area contributed by atoms with Crippen molar-refractivity contribution in [1.29, 1.82) is 0 Å². The average Bonchev–Trinajstić information content (AvgIpc) is 2.53. The molecule has 0 amide bonds. The number of fused-ring (bicyclic) bond motifs is 2. The monoisotopic (exact) mass is 261 g/mol. The van der Waals surface area contributed by atoms with Crippen molar-refractivity contribution in [3.05, 3.63) is 60.2 Å². The van der Waals surface area contributed by atoms with Gasteiger partial charge in [0.15, 0.2) is 0 Å². The van der Waals surface area contributed by atoms with Crippen LogP contribution in [0.2, 0.25) is 0 Å². The highest BCUT2D eigenvalue weighted by atomic mass is 14.9. The van der Waals surface area contributed by atoms with Crippen LogP contribution in [0.4, 0.5) is 0 Å². The van der Waals surface area contributed by atoms with Gasteiger partial charge in [-0.05, 0) is 52.6 Å². The Balaban J connectivity index is 2.06. The molecule has 0 aliphatic carbocycles. The quantitative estimate of drug-likeness (QED) is 0.620. The molecule has 0 bridgehead atoms. The fourth-order valence-corrected chi connectivity index (χ4v) is 3.52. The first-order valence-electron chi connectivity index (χ1n) is 7.57. The molecule has 1 N–H and O–H groups in total. The van der Waals surface area contributed by atoms with Crippen LogP contribution in [0.15, 0.2) is 54.6 Å². The van der Waals surface area contributed by atoms with Gasteiger partial charge in [0.05, 0.1) is 0 Å². The van der Waals surface area contributed by atoms with E-state index in [0.717, 1.165) is 6.54 Å². The Morgan fingerprint density at radius 2 is 1.45 bits per heavy atom. The van der Waals surface area contributed by atoms with E-state index in [1.807, 2.05) is 0 Å². The first-order chi connectivity index (χ1) is 9.93. The number of nitrogens with one attached hydrogen (secondary N) is 1. The maximum absolute atomic E-state index is 3.72. The number of hydrogen-bond acceptors (Lipinski definition) is 1. The van der Waals surface area contributed by atoms with Crippen molar-refractivity contribution in [3.8, 4) is 0 Å². The molecular formula is C19H19N. The van der Waals surface area contributed by atoms with E-state index in [9.17, 15) is 0 Å². The van der Waals surface area contributed by atoms with E-state index in [1.54, 1.807) is 0 Å². The minimum absolute atomic E-state index is 0.500. The molecule has 1 atom stereocenters. The van der Waals surface area contributed by atoms with Crippen LogP contribution in [0, 0.1) is 0 Å². The first kappa shape index (κ1) is 11.9. The molecule has 1 fully saturated rings. The van der Waals surface area contributed by atoms with E-state index in [0.29, 0.717) is 6.04 Å². The van der Waals surface area contributed by atoms with Gasteiger partial charge < -0.3 is 5.32 Å². The van der Waals surface area contributed by atoms with E-state index >= 15 is 0 Å². The molecule has 4 rings (SSSR count). The van der Waals surface area contributed by atoms with Crippen LogP contribution in [0.5, 0.6) is 0 Å². The summed E-state index contributed by atoms with van der Waals surface area (Å²) in [7, 11) is 0. The summed E-state index contributed by atoms with van der Waals surface area (Å²) in [6.45, 7) is 1.14. The largest absolute Gasteiger partial charge is 0.310 e. The number of piperidine rings is 1. The van der Waals surface area contributed by atoms with E-state index in [1.165, 1.54) is 46.4 Å². The molecule has 1 heterocycles. The summed E-state index contributed by atoms with van der Waals surface area (Å²) in [4.78, 5) is 0. The molecule has 3 aromatic rings. The fraction of sp³-hybridized carbons (Fsp3) is 0.263. The number of rotatable bonds is 1. The molecule has 3 aromatic carbocycles. The van der Waals surface area contributed by atoms with Gasteiger partial charge in [-0.2, -0.15) is 0 Å². The third-order valence-electron chi connectivity index (χ3n) is 4.47. The van der Waals surface area contributed by atoms with Crippen LogP contribution >= 0.6 is 0 Å². The molecule has 1 aliphatic heterocycles. The van der Waals surface area contributed by atoms with Crippen molar-refractivity contribution in [3.63, 3.8) is 0 Å². The Kier molecular flexibility index (Phi) is 2.93. The van der Waals surface area contributed by atoms with Gasteiger partial charge in [-0.25, -0.2) is 0 Å². The molecule has 0 radical (unpaired) electrons. The second kappa shape index (κ2) is 4.92. The zero-order valence-corrected chi connectivity index (χ0v) is 11.6. The highest BCUT2D eigenvalue weighted by molar-refractivity contribution is 6.02. The fourth-order valence-electron chi connectivity index (χ4n) is 3.52. The van der Waals surface area contributed by atoms with Gasteiger partial charge in [-0.15, -0.1) is 0 Å². The zero-order chi connectivity index (χ0) is 13.4. The Bertz CT molecular complexity index is 700. The second-order valence-electron chi connectivity index (χ2n) is 5.74. The predicted octanol–water partition coefficient (Wildman–Crippen LogP) is 4.81. The summed E-state index contributed by atoms with van der Waals surface area (Å²) >= 11 is 0. The molecular weight excluding hydrogens is 242 g/mol. The third kappa shape index (κ3) is 1.90. The van der Waals surface area contributed by atoms with Crippen molar-refractivity contribution in [1.82, 2.24) is 5.32 Å². The summed E-state index contributed by atoms with van der Waals surface area (Å²) in [5.74, 6) is 0. The molecule has 100 valence electrons. The second-order valence-corrected chi connectivity index (χ2v) is 5.74. The molecule has 20 heavy (non-hydrogen) atoms. The number of hydrogen-bond donors (Lipinski definition) is 1. The van der Waals surface area contributed by atoms with Crippen molar-refractivity contribution >= 4 is 21.5 Å². The molecule has 1 nitrogen and oxygen atoms in total. The highest BCUT2D eigenvalue weighted by Crippen LogP contribution is 2.35. The maximum atomic E-state index is 3.72. The Labute approximate surface area is 119 Å². The Morgan fingerprint density at radius 1 is 0.800 bits per heavy atom. The molecule has 1 aliphatic rings.